The summed E-state index contributed by atoms with van der Waals surface area (Å²) >= 11 is 17.7. The zero-order valence-corrected chi connectivity index (χ0v) is 25.4. The first-order valence-electron chi connectivity index (χ1n) is 13.4. The van der Waals surface area contributed by atoms with Crippen LogP contribution in [0.2, 0.25) is 0 Å². The summed E-state index contributed by atoms with van der Waals surface area (Å²) in [5.41, 5.74) is 2.20. The Hall–Kier alpha value is -2.88. The van der Waals surface area contributed by atoms with Crippen molar-refractivity contribution in [3.05, 3.63) is 65.2 Å². The molecule has 2 saturated heterocycles. The zero-order chi connectivity index (χ0) is 29.4. The molecule has 2 aromatic rings. The first kappa shape index (κ1) is 28.2. The Kier molecular flexibility index (Phi) is 6.79. The van der Waals surface area contributed by atoms with Crippen LogP contribution < -0.4 is 9.64 Å². The lowest BCUT2D eigenvalue weighted by atomic mass is 9.56. The Bertz CT molecular complexity index is 1530. The summed E-state index contributed by atoms with van der Waals surface area (Å²) in [7, 11) is 1.42. The van der Waals surface area contributed by atoms with Gasteiger partial charge in [-0.3, -0.25) is 29.0 Å². The summed E-state index contributed by atoms with van der Waals surface area (Å²) in [4.78, 5) is 53.6. The SMILES string of the molecule is CCc1ccc(N2C(=O)[C@H]3[C@H](CC=C4[C@H]3C[C@@]3(Cl)C(=O)N(CBr)C(=O)[C@@]3(Cl)[C@H]4c3c(O)cccc3OC)C2=O)cc1. The second-order valence-corrected chi connectivity index (χ2v) is 12.7. The maximum atomic E-state index is 14.1. The number of imide groups is 2. The minimum Gasteiger partial charge on any atom is -0.508 e. The van der Waals surface area contributed by atoms with Crippen molar-refractivity contribution in [3.63, 3.8) is 0 Å². The van der Waals surface area contributed by atoms with E-state index >= 15 is 0 Å². The minimum atomic E-state index is -2.03. The van der Waals surface area contributed by atoms with E-state index in [0.717, 1.165) is 16.9 Å². The fraction of sp³-hybridized carbons (Fsp3) is 0.400. The largest absolute Gasteiger partial charge is 0.508 e. The molecule has 0 radical (unpaired) electrons. The molecule has 4 amide bonds. The van der Waals surface area contributed by atoms with Crippen LogP contribution in [0.15, 0.2) is 54.1 Å². The highest BCUT2D eigenvalue weighted by molar-refractivity contribution is 9.09. The summed E-state index contributed by atoms with van der Waals surface area (Å²) in [6.07, 6.45) is 2.74. The predicted octanol–water partition coefficient (Wildman–Crippen LogP) is 4.88. The van der Waals surface area contributed by atoms with Gasteiger partial charge >= 0.3 is 0 Å². The number of aryl methyl sites for hydroxylation is 1. The molecule has 4 aliphatic rings. The van der Waals surface area contributed by atoms with Crippen molar-refractivity contribution in [2.45, 2.75) is 41.9 Å². The number of amides is 4. The topological polar surface area (TPSA) is 104 Å². The van der Waals surface area contributed by atoms with Gasteiger partial charge in [-0.2, -0.15) is 0 Å². The number of anilines is 1. The summed E-state index contributed by atoms with van der Waals surface area (Å²) in [6, 6.07) is 11.9. The molecule has 0 bridgehead atoms. The van der Waals surface area contributed by atoms with Gasteiger partial charge in [0.1, 0.15) is 11.5 Å². The van der Waals surface area contributed by atoms with Crippen molar-refractivity contribution in [1.82, 2.24) is 4.90 Å². The van der Waals surface area contributed by atoms with Crippen molar-refractivity contribution in [3.8, 4) is 11.5 Å². The van der Waals surface area contributed by atoms with Crippen molar-refractivity contribution in [2.75, 3.05) is 17.5 Å². The fourth-order valence-corrected chi connectivity index (χ4v) is 8.61. The molecule has 2 aromatic carbocycles. The van der Waals surface area contributed by atoms with Crippen molar-refractivity contribution < 1.29 is 29.0 Å². The van der Waals surface area contributed by atoms with Gasteiger partial charge in [0.2, 0.25) is 11.8 Å². The van der Waals surface area contributed by atoms with Crippen LogP contribution in [-0.4, -0.2) is 55.9 Å². The predicted molar refractivity (Wildman–Crippen MR) is 156 cm³/mol. The Morgan fingerprint density at radius 3 is 2.37 bits per heavy atom. The Morgan fingerprint density at radius 1 is 1.02 bits per heavy atom. The summed E-state index contributed by atoms with van der Waals surface area (Å²) < 4.78 is 5.58. The molecule has 11 heteroatoms. The number of nitrogens with zero attached hydrogens (tertiary/aromatic N) is 2. The van der Waals surface area contributed by atoms with Gasteiger partial charge in [-0.25, -0.2) is 0 Å². The number of fused-ring (bicyclic) bond motifs is 4. The van der Waals surface area contributed by atoms with Gasteiger partial charge in [-0.05, 0) is 55.0 Å². The van der Waals surface area contributed by atoms with Crippen LogP contribution in [0.3, 0.4) is 0 Å². The number of rotatable bonds is 5. The highest BCUT2D eigenvalue weighted by Crippen LogP contribution is 2.67. The van der Waals surface area contributed by atoms with E-state index in [2.05, 4.69) is 15.9 Å². The zero-order valence-electron chi connectivity index (χ0n) is 22.3. The second kappa shape index (κ2) is 9.85. The van der Waals surface area contributed by atoms with E-state index in [4.69, 9.17) is 27.9 Å². The van der Waals surface area contributed by atoms with E-state index in [1.54, 1.807) is 24.3 Å². The lowest BCUT2D eigenvalue weighted by Gasteiger charge is -2.50. The number of allylic oxidation sites excluding steroid dienone is 2. The number of halogens is 3. The number of carbonyl (C=O) groups excluding carboxylic acids is 4. The van der Waals surface area contributed by atoms with Crippen LogP contribution in [-0.2, 0) is 25.6 Å². The van der Waals surface area contributed by atoms with Crippen LogP contribution >= 0.6 is 39.1 Å². The van der Waals surface area contributed by atoms with Gasteiger partial charge in [0.15, 0.2) is 9.75 Å². The molecule has 41 heavy (non-hydrogen) atoms. The molecule has 1 saturated carbocycles. The van der Waals surface area contributed by atoms with Gasteiger partial charge in [0, 0.05) is 11.5 Å². The fourth-order valence-electron chi connectivity index (χ4n) is 7.21. The average molecular weight is 662 g/mol. The molecule has 2 heterocycles. The van der Waals surface area contributed by atoms with Gasteiger partial charge in [-0.1, -0.05) is 52.7 Å². The number of ether oxygens (including phenoxy) is 1. The molecule has 0 spiro atoms. The quantitative estimate of drug-likeness (QED) is 0.212. The first-order chi connectivity index (χ1) is 19.5. The first-order valence-corrected chi connectivity index (χ1v) is 15.3. The number of hydrogen-bond acceptors (Lipinski definition) is 6. The maximum absolute atomic E-state index is 14.1. The Labute approximate surface area is 255 Å². The number of phenolic OH excluding ortho intramolecular Hbond substituents is 1. The number of hydrogen-bond donors (Lipinski definition) is 1. The maximum Gasteiger partial charge on any atom is 0.254 e. The number of carbonyl (C=O) groups is 4. The van der Waals surface area contributed by atoms with Crippen molar-refractivity contribution in [1.29, 1.82) is 0 Å². The van der Waals surface area contributed by atoms with Crippen LogP contribution in [0.4, 0.5) is 5.69 Å². The highest BCUT2D eigenvalue weighted by atomic mass is 79.9. The van der Waals surface area contributed by atoms with Gasteiger partial charge in [0.05, 0.1) is 30.1 Å². The molecular formula is C30H27BrCl2N2O6. The van der Waals surface area contributed by atoms with E-state index in [-0.39, 0.29) is 47.2 Å². The number of likely N-dealkylation sites (tertiary alicyclic amines) is 1. The van der Waals surface area contributed by atoms with Crippen LogP contribution in [0.25, 0.3) is 0 Å². The minimum absolute atomic E-state index is 0.132. The van der Waals surface area contributed by atoms with E-state index in [1.807, 2.05) is 25.1 Å². The molecule has 0 unspecified atom stereocenters. The molecule has 6 rings (SSSR count). The lowest BCUT2D eigenvalue weighted by molar-refractivity contribution is -0.138. The number of phenols is 1. The third-order valence-electron chi connectivity index (χ3n) is 9.17. The molecule has 8 nitrogen and oxygen atoms in total. The normalized spacial score (nSPS) is 32.6. The van der Waals surface area contributed by atoms with Gasteiger partial charge in [0.25, 0.3) is 11.8 Å². The van der Waals surface area contributed by atoms with Crippen molar-refractivity contribution in [2.24, 2.45) is 17.8 Å². The Balaban J connectivity index is 1.53. The number of alkyl halides is 3. The smallest absolute Gasteiger partial charge is 0.254 e. The van der Waals surface area contributed by atoms with Gasteiger partial charge in [-0.15, -0.1) is 23.2 Å². The molecule has 1 N–H and O–H groups in total. The van der Waals surface area contributed by atoms with Crippen LogP contribution in [0, 0.1) is 17.8 Å². The third kappa shape index (κ3) is 3.64. The standard InChI is InChI=1S/C30H27BrCl2N2O6/c1-3-15-7-9-16(10-8-15)35-25(37)18-12-11-17-19(22(18)26(35)38)13-29(32)27(39)34(14-31)28(40)30(29,33)24(17)23-20(36)5-4-6-21(23)41-2/h4-11,18-19,22,24,36H,3,12-14H2,1-2H3/t18-,19+,22-,24+,29+,30-/m0/s1. The summed E-state index contributed by atoms with van der Waals surface area (Å²) in [6.45, 7) is 2.02. The summed E-state index contributed by atoms with van der Waals surface area (Å²) in [5.74, 6) is -5.36. The average Bonchev–Trinajstić information content (AvgIpc) is 3.31. The monoisotopic (exact) mass is 660 g/mol. The molecule has 3 fully saturated rings. The van der Waals surface area contributed by atoms with Gasteiger partial charge < -0.3 is 9.84 Å². The Morgan fingerprint density at radius 2 is 1.73 bits per heavy atom. The highest BCUT2D eigenvalue weighted by Gasteiger charge is 2.76. The van der Waals surface area contributed by atoms with Crippen molar-refractivity contribution >= 4 is 68.4 Å². The molecule has 214 valence electrons. The van der Waals surface area contributed by atoms with E-state index in [0.29, 0.717) is 11.3 Å². The summed E-state index contributed by atoms with van der Waals surface area (Å²) in [5, 5.41) is 11.1. The van der Waals surface area contributed by atoms with E-state index < -0.39 is 45.2 Å². The molecule has 2 aliphatic heterocycles. The van der Waals surface area contributed by atoms with E-state index in [9.17, 15) is 24.3 Å². The molecule has 0 aromatic heterocycles. The molecular weight excluding hydrogens is 635 g/mol. The van der Waals surface area contributed by atoms with Crippen LogP contribution in [0.5, 0.6) is 11.5 Å². The third-order valence-corrected chi connectivity index (χ3v) is 11.1. The second-order valence-electron chi connectivity index (χ2n) is 10.9. The molecule has 2 aliphatic carbocycles. The van der Waals surface area contributed by atoms with E-state index in [1.165, 1.54) is 18.1 Å². The molecule has 6 atom stereocenters. The number of aromatic hydroxyl groups is 1. The number of benzene rings is 2. The lowest BCUT2D eigenvalue weighted by Crippen LogP contribution is -2.60. The van der Waals surface area contributed by atoms with Crippen LogP contribution in [0.1, 0.15) is 36.8 Å². The number of methoxy groups -OCH3 is 1.